The molecule has 0 aliphatic carbocycles. The van der Waals surface area contributed by atoms with Gasteiger partial charge in [-0.3, -0.25) is 0 Å². The third-order valence-electron chi connectivity index (χ3n) is 2.00. The Balaban J connectivity index is 1.91. The predicted molar refractivity (Wildman–Crippen MR) is 41.9 cm³/mol. The summed E-state index contributed by atoms with van der Waals surface area (Å²) >= 11 is 0. The molecule has 1 aliphatic rings. The van der Waals surface area contributed by atoms with Crippen LogP contribution < -0.4 is 5.73 Å². The van der Waals surface area contributed by atoms with Crippen LogP contribution in [0.5, 0.6) is 0 Å². The summed E-state index contributed by atoms with van der Waals surface area (Å²) in [5, 5.41) is 0. The molecule has 1 fully saturated rings. The lowest BCUT2D eigenvalue weighted by Crippen LogP contribution is -2.06. The first-order valence-corrected chi connectivity index (χ1v) is 4.25. The molecule has 0 saturated carbocycles. The second-order valence-electron chi connectivity index (χ2n) is 2.92. The van der Waals surface area contributed by atoms with Crippen molar-refractivity contribution in [2.45, 2.75) is 38.2 Å². The average molecular weight is 143 g/mol. The van der Waals surface area contributed by atoms with Gasteiger partial charge in [0.25, 0.3) is 0 Å². The fraction of sp³-hybridized carbons (Fsp3) is 1.00. The predicted octanol–water partition coefficient (Wildman–Crippen LogP) is 1.29. The fourth-order valence-corrected chi connectivity index (χ4v) is 1.39. The van der Waals surface area contributed by atoms with Crippen molar-refractivity contribution >= 4 is 0 Å². The zero-order valence-electron chi connectivity index (χ0n) is 6.51. The Morgan fingerprint density at radius 1 is 1.40 bits per heavy atom. The molecule has 0 radical (unpaired) electrons. The van der Waals surface area contributed by atoms with Gasteiger partial charge in [0.05, 0.1) is 6.10 Å². The van der Waals surface area contributed by atoms with Gasteiger partial charge in [-0.2, -0.15) is 0 Å². The van der Waals surface area contributed by atoms with Gasteiger partial charge in [0.2, 0.25) is 0 Å². The van der Waals surface area contributed by atoms with Crippen molar-refractivity contribution in [1.82, 2.24) is 0 Å². The van der Waals surface area contributed by atoms with Crippen LogP contribution in [-0.2, 0) is 4.74 Å². The third-order valence-corrected chi connectivity index (χ3v) is 2.00. The minimum atomic E-state index is 0.562. The van der Waals surface area contributed by atoms with Crippen LogP contribution >= 0.6 is 0 Å². The van der Waals surface area contributed by atoms with Crippen LogP contribution in [0, 0.1) is 0 Å². The monoisotopic (exact) mass is 143 g/mol. The summed E-state index contributed by atoms with van der Waals surface area (Å²) in [7, 11) is 0. The molecule has 0 aromatic carbocycles. The van der Waals surface area contributed by atoms with Gasteiger partial charge in [-0.05, 0) is 38.6 Å². The SMILES string of the molecule is NCCCC[C@H]1CCCO1. The molecule has 2 nitrogen and oxygen atoms in total. The fourth-order valence-electron chi connectivity index (χ4n) is 1.39. The topological polar surface area (TPSA) is 35.2 Å². The highest BCUT2D eigenvalue weighted by Crippen LogP contribution is 2.16. The quantitative estimate of drug-likeness (QED) is 0.602. The highest BCUT2D eigenvalue weighted by molar-refractivity contribution is 4.64. The van der Waals surface area contributed by atoms with Crippen LogP contribution in [0.15, 0.2) is 0 Å². The van der Waals surface area contributed by atoms with E-state index in [4.69, 9.17) is 10.5 Å². The minimum Gasteiger partial charge on any atom is -0.378 e. The highest BCUT2D eigenvalue weighted by Gasteiger charge is 2.13. The second-order valence-corrected chi connectivity index (χ2v) is 2.92. The van der Waals surface area contributed by atoms with Crippen molar-refractivity contribution in [3.05, 3.63) is 0 Å². The number of rotatable bonds is 4. The molecule has 0 amide bonds. The van der Waals surface area contributed by atoms with E-state index in [0.717, 1.165) is 19.6 Å². The summed E-state index contributed by atoms with van der Waals surface area (Å²) in [5.74, 6) is 0. The summed E-state index contributed by atoms with van der Waals surface area (Å²) in [6, 6.07) is 0. The van der Waals surface area contributed by atoms with Gasteiger partial charge >= 0.3 is 0 Å². The van der Waals surface area contributed by atoms with Crippen LogP contribution in [0.1, 0.15) is 32.1 Å². The number of unbranched alkanes of at least 4 members (excludes halogenated alkanes) is 1. The van der Waals surface area contributed by atoms with Gasteiger partial charge in [-0.25, -0.2) is 0 Å². The van der Waals surface area contributed by atoms with Gasteiger partial charge in [-0.15, -0.1) is 0 Å². The average Bonchev–Trinajstić information content (AvgIpc) is 2.41. The van der Waals surface area contributed by atoms with Crippen molar-refractivity contribution in [2.24, 2.45) is 5.73 Å². The first-order chi connectivity index (χ1) is 4.93. The number of hydrogen-bond acceptors (Lipinski definition) is 2. The first kappa shape index (κ1) is 8.02. The number of hydrogen-bond donors (Lipinski definition) is 1. The normalized spacial score (nSPS) is 25.5. The molecular formula is C8H17NO. The zero-order chi connectivity index (χ0) is 7.23. The van der Waals surface area contributed by atoms with Crippen LogP contribution in [0.2, 0.25) is 0 Å². The van der Waals surface area contributed by atoms with E-state index in [1.165, 1.54) is 25.7 Å². The van der Waals surface area contributed by atoms with Gasteiger partial charge in [0.15, 0.2) is 0 Å². The standard InChI is InChI=1S/C8H17NO/c9-6-2-1-4-8-5-3-7-10-8/h8H,1-7,9H2/t8-/m0/s1. The molecule has 0 aromatic rings. The lowest BCUT2D eigenvalue weighted by molar-refractivity contribution is 0.102. The Kier molecular flexibility index (Phi) is 3.76. The molecule has 10 heavy (non-hydrogen) atoms. The Hall–Kier alpha value is -0.0800. The third kappa shape index (κ3) is 2.67. The van der Waals surface area contributed by atoms with E-state index < -0.39 is 0 Å². The Labute approximate surface area is 62.7 Å². The van der Waals surface area contributed by atoms with Crippen LogP contribution in [0.3, 0.4) is 0 Å². The number of ether oxygens (including phenoxy) is 1. The molecule has 2 N–H and O–H groups in total. The highest BCUT2D eigenvalue weighted by atomic mass is 16.5. The van der Waals surface area contributed by atoms with Crippen molar-refractivity contribution in [2.75, 3.05) is 13.2 Å². The molecule has 0 bridgehead atoms. The molecular weight excluding hydrogens is 126 g/mol. The Morgan fingerprint density at radius 3 is 2.90 bits per heavy atom. The largest absolute Gasteiger partial charge is 0.378 e. The molecule has 1 aliphatic heterocycles. The summed E-state index contributed by atoms with van der Waals surface area (Å²) in [5.41, 5.74) is 5.37. The van der Waals surface area contributed by atoms with E-state index in [1.54, 1.807) is 0 Å². The van der Waals surface area contributed by atoms with Crippen molar-refractivity contribution in [3.63, 3.8) is 0 Å². The lowest BCUT2D eigenvalue weighted by Gasteiger charge is -2.06. The lowest BCUT2D eigenvalue weighted by atomic mass is 10.1. The van der Waals surface area contributed by atoms with E-state index in [9.17, 15) is 0 Å². The molecule has 1 rings (SSSR count). The summed E-state index contributed by atoms with van der Waals surface area (Å²) in [4.78, 5) is 0. The van der Waals surface area contributed by atoms with Crippen molar-refractivity contribution < 1.29 is 4.74 Å². The van der Waals surface area contributed by atoms with Gasteiger partial charge < -0.3 is 10.5 Å². The summed E-state index contributed by atoms with van der Waals surface area (Å²) in [6.45, 7) is 1.81. The van der Waals surface area contributed by atoms with E-state index in [0.29, 0.717) is 6.10 Å². The molecule has 60 valence electrons. The second kappa shape index (κ2) is 4.69. The van der Waals surface area contributed by atoms with Crippen LogP contribution in [0.4, 0.5) is 0 Å². The van der Waals surface area contributed by atoms with Crippen LogP contribution in [-0.4, -0.2) is 19.3 Å². The number of nitrogens with two attached hydrogens (primary N) is 1. The van der Waals surface area contributed by atoms with Gasteiger partial charge in [0.1, 0.15) is 0 Å². The maximum absolute atomic E-state index is 5.46. The Bertz CT molecular complexity index is 79.3. The molecule has 0 spiro atoms. The molecule has 1 saturated heterocycles. The molecule has 2 heteroatoms. The zero-order valence-corrected chi connectivity index (χ0v) is 6.51. The molecule has 0 aromatic heterocycles. The van der Waals surface area contributed by atoms with Gasteiger partial charge in [0, 0.05) is 6.61 Å². The van der Waals surface area contributed by atoms with Crippen molar-refractivity contribution in [1.29, 1.82) is 0 Å². The Morgan fingerprint density at radius 2 is 2.30 bits per heavy atom. The molecule has 0 unspecified atom stereocenters. The summed E-state index contributed by atoms with van der Waals surface area (Å²) in [6.07, 6.45) is 6.70. The molecule has 1 heterocycles. The summed E-state index contributed by atoms with van der Waals surface area (Å²) < 4.78 is 5.46. The molecule has 1 atom stereocenters. The van der Waals surface area contributed by atoms with Gasteiger partial charge in [-0.1, -0.05) is 0 Å². The first-order valence-electron chi connectivity index (χ1n) is 4.25. The van der Waals surface area contributed by atoms with E-state index in [-0.39, 0.29) is 0 Å². The van der Waals surface area contributed by atoms with Crippen molar-refractivity contribution in [3.8, 4) is 0 Å². The maximum Gasteiger partial charge on any atom is 0.0576 e. The maximum atomic E-state index is 5.46. The van der Waals surface area contributed by atoms with Crippen LogP contribution in [0.25, 0.3) is 0 Å². The van der Waals surface area contributed by atoms with E-state index in [1.807, 2.05) is 0 Å². The van der Waals surface area contributed by atoms with E-state index in [2.05, 4.69) is 0 Å². The smallest absolute Gasteiger partial charge is 0.0576 e. The van der Waals surface area contributed by atoms with E-state index >= 15 is 0 Å². The minimum absolute atomic E-state index is 0.562.